The minimum Gasteiger partial charge on any atom is -0.497 e. The molecule has 2 heterocycles. The summed E-state index contributed by atoms with van der Waals surface area (Å²) < 4.78 is 6.45. The van der Waals surface area contributed by atoms with Crippen molar-refractivity contribution in [2.45, 2.75) is 0 Å². The van der Waals surface area contributed by atoms with Gasteiger partial charge in [0.15, 0.2) is 5.52 Å². The highest BCUT2D eigenvalue weighted by Gasteiger charge is 2.25. The van der Waals surface area contributed by atoms with Gasteiger partial charge in [-0.3, -0.25) is 0 Å². The predicted molar refractivity (Wildman–Crippen MR) is 130 cm³/mol. The van der Waals surface area contributed by atoms with Gasteiger partial charge in [-0.1, -0.05) is 52.7 Å². The van der Waals surface area contributed by atoms with E-state index in [1.807, 2.05) is 48.5 Å². The second-order valence-corrected chi connectivity index (χ2v) is 8.63. The number of tetrazole rings is 1. The van der Waals surface area contributed by atoms with Gasteiger partial charge in [0.2, 0.25) is 0 Å². The van der Waals surface area contributed by atoms with E-state index in [2.05, 4.69) is 30.3 Å². The van der Waals surface area contributed by atoms with Gasteiger partial charge >= 0.3 is 5.13 Å². The fourth-order valence-corrected chi connectivity index (χ4v) is 4.78. The van der Waals surface area contributed by atoms with Crippen LogP contribution in [-0.4, -0.2) is 27.1 Å². The maximum atomic E-state index is 9.19. The molecule has 2 aromatic heterocycles. The molecular formula is C26H17N6OS+. The summed E-state index contributed by atoms with van der Waals surface area (Å²) >= 11 is 1.55. The molecule has 4 aromatic carbocycles. The van der Waals surface area contributed by atoms with Crippen LogP contribution < -0.4 is 9.53 Å². The fourth-order valence-electron chi connectivity index (χ4n) is 3.86. The number of fused-ring (bicyclic) bond motifs is 3. The molecule has 0 N–H and O–H groups in total. The van der Waals surface area contributed by atoms with Crippen LogP contribution in [-0.2, 0) is 0 Å². The zero-order valence-corrected chi connectivity index (χ0v) is 18.9. The van der Waals surface area contributed by atoms with E-state index in [0.717, 1.165) is 38.0 Å². The number of nitrogens with zero attached hydrogens (tertiary/aromatic N) is 6. The van der Waals surface area contributed by atoms with Gasteiger partial charge in [-0.25, -0.2) is 0 Å². The van der Waals surface area contributed by atoms with Crippen LogP contribution in [0.3, 0.4) is 0 Å². The molecule has 34 heavy (non-hydrogen) atoms. The van der Waals surface area contributed by atoms with E-state index < -0.39 is 0 Å². The summed E-state index contributed by atoms with van der Waals surface area (Å²) in [5.74, 6) is 1.26. The quantitative estimate of drug-likeness (QED) is 0.351. The average Bonchev–Trinajstić information content (AvgIpc) is 3.54. The van der Waals surface area contributed by atoms with Gasteiger partial charge in [-0.2, -0.15) is 5.26 Å². The number of rotatable bonds is 4. The molecule has 0 atom stereocenters. The first-order valence-electron chi connectivity index (χ1n) is 10.6. The standard InChI is InChI=1S/C26H17N6OS/c1-33-21-7-4-6-19(15-21)25-29-31(20-12-9-17(16-27)10-13-20)32(30-25)26-28-24-22-8-3-2-5-18(22)11-14-23(24)34-26/h2-15H,1H3/q+1. The van der Waals surface area contributed by atoms with Gasteiger partial charge in [0, 0.05) is 16.0 Å². The molecule has 8 heteroatoms. The molecule has 0 radical (unpaired) electrons. The van der Waals surface area contributed by atoms with Crippen molar-refractivity contribution in [3.63, 3.8) is 0 Å². The molecule has 0 aliphatic heterocycles. The van der Waals surface area contributed by atoms with Crippen molar-refractivity contribution in [2.75, 3.05) is 7.11 Å². The van der Waals surface area contributed by atoms with E-state index in [0.29, 0.717) is 16.5 Å². The Morgan fingerprint density at radius 2 is 1.82 bits per heavy atom. The minimum absolute atomic E-state index is 0.535. The summed E-state index contributed by atoms with van der Waals surface area (Å²) in [6, 6.07) is 29.4. The molecule has 6 aromatic rings. The van der Waals surface area contributed by atoms with Crippen molar-refractivity contribution in [2.24, 2.45) is 0 Å². The Morgan fingerprint density at radius 3 is 2.65 bits per heavy atom. The maximum Gasteiger partial charge on any atom is 0.365 e. The van der Waals surface area contributed by atoms with Crippen LogP contribution in [0.15, 0.2) is 84.9 Å². The van der Waals surface area contributed by atoms with Crippen molar-refractivity contribution in [3.8, 4) is 34.0 Å². The van der Waals surface area contributed by atoms with E-state index >= 15 is 0 Å². The van der Waals surface area contributed by atoms with Crippen molar-refractivity contribution in [1.82, 2.24) is 20.0 Å². The summed E-state index contributed by atoms with van der Waals surface area (Å²) in [5, 5.41) is 21.7. The highest BCUT2D eigenvalue weighted by molar-refractivity contribution is 7.20. The second kappa shape index (κ2) is 8.06. The molecule has 0 aliphatic rings. The van der Waals surface area contributed by atoms with E-state index in [9.17, 15) is 5.26 Å². The summed E-state index contributed by atoms with van der Waals surface area (Å²) in [5.41, 5.74) is 3.11. The van der Waals surface area contributed by atoms with Gasteiger partial charge < -0.3 is 4.74 Å². The number of hydrogen-bond donors (Lipinski definition) is 0. The largest absolute Gasteiger partial charge is 0.497 e. The lowest BCUT2D eigenvalue weighted by molar-refractivity contribution is -0.734. The Labute approximate surface area is 198 Å². The first-order chi connectivity index (χ1) is 16.7. The number of nitriles is 1. The lowest BCUT2D eigenvalue weighted by Gasteiger charge is -1.99. The summed E-state index contributed by atoms with van der Waals surface area (Å²) in [7, 11) is 1.63. The predicted octanol–water partition coefficient (Wildman–Crippen LogP) is 4.85. The van der Waals surface area contributed by atoms with Crippen LogP contribution in [0.5, 0.6) is 5.75 Å². The van der Waals surface area contributed by atoms with E-state index in [4.69, 9.17) is 19.9 Å². The third kappa shape index (κ3) is 3.36. The third-order valence-electron chi connectivity index (χ3n) is 5.56. The van der Waals surface area contributed by atoms with Crippen molar-refractivity contribution < 1.29 is 9.53 Å². The number of aromatic nitrogens is 5. The smallest absolute Gasteiger partial charge is 0.365 e. The van der Waals surface area contributed by atoms with Crippen molar-refractivity contribution >= 4 is 32.3 Å². The number of hydrogen-bond acceptors (Lipinski definition) is 6. The van der Waals surface area contributed by atoms with Gasteiger partial charge in [-0.15, -0.1) is 0 Å². The van der Waals surface area contributed by atoms with E-state index in [-0.39, 0.29) is 0 Å². The normalized spacial score (nSPS) is 11.1. The minimum atomic E-state index is 0.535. The van der Waals surface area contributed by atoms with Crippen molar-refractivity contribution in [3.05, 3.63) is 90.5 Å². The molecule has 0 fully saturated rings. The summed E-state index contributed by atoms with van der Waals surface area (Å²) in [4.78, 5) is 8.36. The van der Waals surface area contributed by atoms with Crippen LogP contribution in [0, 0.1) is 11.3 Å². The van der Waals surface area contributed by atoms with Crippen LogP contribution in [0.25, 0.3) is 43.2 Å². The Hall–Kier alpha value is -4.61. The highest BCUT2D eigenvalue weighted by atomic mass is 32.1. The highest BCUT2D eigenvalue weighted by Crippen LogP contribution is 2.29. The number of methoxy groups -OCH3 is 1. The number of ether oxygens (including phenoxy) is 1. The van der Waals surface area contributed by atoms with Gasteiger partial charge in [-0.05, 0) is 68.6 Å². The van der Waals surface area contributed by atoms with Gasteiger partial charge in [0.25, 0.3) is 5.82 Å². The number of benzene rings is 4. The molecule has 7 nitrogen and oxygen atoms in total. The lowest BCUT2D eigenvalue weighted by atomic mass is 10.1. The zero-order valence-electron chi connectivity index (χ0n) is 18.1. The molecule has 162 valence electrons. The first kappa shape index (κ1) is 20.0. The second-order valence-electron chi connectivity index (χ2n) is 7.62. The van der Waals surface area contributed by atoms with Gasteiger partial charge in [0.1, 0.15) is 11.4 Å². The molecule has 0 spiro atoms. The fraction of sp³-hybridized carbons (Fsp3) is 0.0385. The Kier molecular flexibility index (Phi) is 4.75. The van der Waals surface area contributed by atoms with E-state index in [1.165, 1.54) is 0 Å². The number of thiazole rings is 1. The first-order valence-corrected chi connectivity index (χ1v) is 11.4. The topological polar surface area (TPSA) is 80.5 Å². The summed E-state index contributed by atoms with van der Waals surface area (Å²) in [6.07, 6.45) is 0. The Balaban J connectivity index is 1.57. The summed E-state index contributed by atoms with van der Waals surface area (Å²) in [6.45, 7) is 0. The zero-order chi connectivity index (χ0) is 23.1. The van der Waals surface area contributed by atoms with Crippen LogP contribution in [0.1, 0.15) is 5.56 Å². The molecular weight excluding hydrogens is 444 g/mol. The van der Waals surface area contributed by atoms with Gasteiger partial charge in [0.05, 0.1) is 23.4 Å². The third-order valence-corrected chi connectivity index (χ3v) is 6.54. The Bertz CT molecular complexity index is 1710. The van der Waals surface area contributed by atoms with E-state index in [1.54, 1.807) is 40.2 Å². The van der Waals surface area contributed by atoms with Crippen LogP contribution >= 0.6 is 11.3 Å². The molecule has 0 saturated heterocycles. The SMILES string of the molecule is COc1cccc(-c2nn(-c3ccc(C#N)cc3)[n+](-c3nc4c(ccc5ccccc54)s3)n2)c1. The molecule has 0 amide bonds. The molecule has 0 unspecified atom stereocenters. The monoisotopic (exact) mass is 461 g/mol. The molecule has 0 bridgehead atoms. The molecule has 0 aliphatic carbocycles. The maximum absolute atomic E-state index is 9.19. The average molecular weight is 462 g/mol. The Morgan fingerprint density at radius 1 is 0.971 bits per heavy atom. The van der Waals surface area contributed by atoms with Crippen LogP contribution in [0.2, 0.25) is 0 Å². The molecule has 0 saturated carbocycles. The lowest BCUT2D eigenvalue weighted by Crippen LogP contribution is -2.43. The van der Waals surface area contributed by atoms with Crippen molar-refractivity contribution in [1.29, 1.82) is 5.26 Å². The van der Waals surface area contributed by atoms with Crippen LogP contribution in [0.4, 0.5) is 0 Å². The molecule has 6 rings (SSSR count).